The van der Waals surface area contributed by atoms with E-state index in [1.807, 2.05) is 6.07 Å². The highest BCUT2D eigenvalue weighted by Gasteiger charge is 2.23. The Balaban J connectivity index is 1.72. The van der Waals surface area contributed by atoms with Crippen molar-refractivity contribution in [3.8, 4) is 21.9 Å². The normalized spacial score (nSPS) is 13.6. The van der Waals surface area contributed by atoms with Crippen LogP contribution in [-0.2, 0) is 6.54 Å². The van der Waals surface area contributed by atoms with Gasteiger partial charge in [-0.15, -0.1) is 22.7 Å². The van der Waals surface area contributed by atoms with Gasteiger partial charge < -0.3 is 20.1 Å². The van der Waals surface area contributed by atoms with Crippen LogP contribution in [0.2, 0.25) is 0 Å². The molecule has 1 aromatic carbocycles. The van der Waals surface area contributed by atoms with Gasteiger partial charge in [-0.1, -0.05) is 0 Å². The number of fused-ring (bicyclic) bond motifs is 1. The molecule has 0 saturated heterocycles. The number of rotatable bonds is 4. The maximum atomic E-state index is 11.4. The molecule has 0 radical (unpaired) electrons. The van der Waals surface area contributed by atoms with E-state index in [1.54, 1.807) is 23.8 Å². The van der Waals surface area contributed by atoms with Crippen molar-refractivity contribution in [2.24, 2.45) is 5.73 Å². The van der Waals surface area contributed by atoms with Crippen molar-refractivity contribution in [3.63, 3.8) is 0 Å². The summed E-state index contributed by atoms with van der Waals surface area (Å²) in [6, 6.07) is 8.40. The summed E-state index contributed by atoms with van der Waals surface area (Å²) in [4.78, 5) is 20.3. The van der Waals surface area contributed by atoms with Gasteiger partial charge in [-0.05, 0) is 36.8 Å². The molecule has 8 heteroatoms. The molecule has 4 rings (SSSR count). The Morgan fingerprint density at radius 1 is 1.37 bits per heavy atom. The van der Waals surface area contributed by atoms with E-state index < -0.39 is 5.91 Å². The van der Waals surface area contributed by atoms with Crippen LogP contribution in [0.5, 0.6) is 11.5 Å². The van der Waals surface area contributed by atoms with Crippen molar-refractivity contribution in [2.45, 2.75) is 13.5 Å². The fourth-order valence-corrected chi connectivity index (χ4v) is 4.75. The van der Waals surface area contributed by atoms with Gasteiger partial charge in [0, 0.05) is 27.2 Å². The highest BCUT2D eigenvalue weighted by molar-refractivity contribution is 7.15. The van der Waals surface area contributed by atoms with E-state index in [1.165, 1.54) is 21.1 Å². The molecule has 0 fully saturated rings. The number of anilines is 1. The summed E-state index contributed by atoms with van der Waals surface area (Å²) >= 11 is 3.16. The fourth-order valence-electron chi connectivity index (χ4n) is 3.05. The standard InChI is InChI=1S/C19H19N3O3S2/c1-11-3-4-16(27-11)12-7-13-9-22(19-21-14(10-26-19)18(20)23)5-6-25-17(13)15(8-12)24-2/h3-4,7-8,10H,5-6,9H2,1-2H3,(H2,20,23). The Morgan fingerprint density at radius 3 is 2.89 bits per heavy atom. The van der Waals surface area contributed by atoms with Gasteiger partial charge in [-0.25, -0.2) is 4.98 Å². The lowest BCUT2D eigenvalue weighted by molar-refractivity contribution is 0.0996. The number of aromatic nitrogens is 1. The topological polar surface area (TPSA) is 77.7 Å². The van der Waals surface area contributed by atoms with Crippen LogP contribution in [0.15, 0.2) is 29.6 Å². The van der Waals surface area contributed by atoms with Crippen LogP contribution in [0.1, 0.15) is 20.9 Å². The minimum absolute atomic E-state index is 0.292. The summed E-state index contributed by atoms with van der Waals surface area (Å²) in [7, 11) is 1.66. The van der Waals surface area contributed by atoms with Crippen LogP contribution in [0.3, 0.4) is 0 Å². The average molecular weight is 402 g/mol. The predicted molar refractivity (Wildman–Crippen MR) is 108 cm³/mol. The number of amides is 1. The van der Waals surface area contributed by atoms with Crippen molar-refractivity contribution in [1.29, 1.82) is 0 Å². The zero-order valence-electron chi connectivity index (χ0n) is 15.0. The zero-order chi connectivity index (χ0) is 19.0. The number of thiazole rings is 1. The second kappa shape index (κ2) is 7.21. The number of carbonyl (C=O) groups is 1. The molecule has 3 aromatic rings. The first-order chi connectivity index (χ1) is 13.0. The maximum Gasteiger partial charge on any atom is 0.268 e. The van der Waals surface area contributed by atoms with Crippen LogP contribution in [0.4, 0.5) is 5.13 Å². The molecule has 0 bridgehead atoms. The monoisotopic (exact) mass is 401 g/mol. The molecule has 1 aliphatic heterocycles. The van der Waals surface area contributed by atoms with Gasteiger partial charge in [0.2, 0.25) is 0 Å². The van der Waals surface area contributed by atoms with E-state index in [-0.39, 0.29) is 0 Å². The van der Waals surface area contributed by atoms with E-state index in [9.17, 15) is 4.79 Å². The first-order valence-corrected chi connectivity index (χ1v) is 10.2. The Hall–Kier alpha value is -2.58. The van der Waals surface area contributed by atoms with Crippen molar-refractivity contribution < 1.29 is 14.3 Å². The van der Waals surface area contributed by atoms with E-state index >= 15 is 0 Å². The number of methoxy groups -OCH3 is 1. The molecule has 1 aliphatic rings. The number of aryl methyl sites for hydroxylation is 1. The third-order valence-electron chi connectivity index (χ3n) is 4.36. The van der Waals surface area contributed by atoms with E-state index in [4.69, 9.17) is 15.2 Å². The van der Waals surface area contributed by atoms with Crippen LogP contribution in [0, 0.1) is 6.92 Å². The lowest BCUT2D eigenvalue weighted by Gasteiger charge is -2.19. The Kier molecular flexibility index (Phi) is 4.75. The number of thiophene rings is 1. The van der Waals surface area contributed by atoms with Crippen molar-refractivity contribution >= 4 is 33.7 Å². The van der Waals surface area contributed by atoms with Crippen LogP contribution < -0.4 is 20.1 Å². The summed E-state index contributed by atoms with van der Waals surface area (Å²) in [6.07, 6.45) is 0. The van der Waals surface area contributed by atoms with Gasteiger partial charge in [-0.2, -0.15) is 0 Å². The summed E-state index contributed by atoms with van der Waals surface area (Å²) in [5.74, 6) is 0.983. The maximum absolute atomic E-state index is 11.4. The Morgan fingerprint density at radius 2 is 2.22 bits per heavy atom. The van der Waals surface area contributed by atoms with Gasteiger partial charge >= 0.3 is 0 Å². The van der Waals surface area contributed by atoms with Gasteiger partial charge in [-0.3, -0.25) is 4.79 Å². The van der Waals surface area contributed by atoms with E-state index in [0.29, 0.717) is 25.4 Å². The number of nitrogens with zero attached hydrogens (tertiary/aromatic N) is 2. The molecule has 0 atom stereocenters. The summed E-state index contributed by atoms with van der Waals surface area (Å²) in [6.45, 7) is 3.89. The summed E-state index contributed by atoms with van der Waals surface area (Å²) < 4.78 is 11.6. The number of ether oxygens (including phenoxy) is 2. The highest BCUT2D eigenvalue weighted by Crippen LogP contribution is 2.40. The molecule has 0 spiro atoms. The Bertz CT molecular complexity index is 996. The minimum Gasteiger partial charge on any atom is -0.493 e. The molecular formula is C19H19N3O3S2. The molecule has 0 saturated carbocycles. The van der Waals surface area contributed by atoms with Crippen molar-refractivity contribution in [1.82, 2.24) is 4.98 Å². The Labute approximate surface area is 165 Å². The lowest BCUT2D eigenvalue weighted by atomic mass is 10.1. The number of nitrogens with two attached hydrogens (primary N) is 1. The van der Waals surface area contributed by atoms with Gasteiger partial charge in [0.25, 0.3) is 5.91 Å². The largest absolute Gasteiger partial charge is 0.493 e. The molecule has 0 aliphatic carbocycles. The third kappa shape index (κ3) is 3.50. The number of hydrogen-bond acceptors (Lipinski definition) is 7. The first kappa shape index (κ1) is 17.8. The molecule has 1 amide bonds. The molecule has 2 aromatic heterocycles. The number of primary amides is 1. The SMILES string of the molecule is COc1cc(-c2ccc(C)s2)cc2c1OCCN(c1nc(C(N)=O)cs1)C2. The van der Waals surface area contributed by atoms with Gasteiger partial charge in [0.05, 0.1) is 13.7 Å². The fraction of sp³-hybridized carbons (Fsp3) is 0.263. The van der Waals surface area contributed by atoms with Crippen LogP contribution in [0.25, 0.3) is 10.4 Å². The molecule has 2 N–H and O–H groups in total. The zero-order valence-corrected chi connectivity index (χ0v) is 16.7. The smallest absolute Gasteiger partial charge is 0.268 e. The summed E-state index contributed by atoms with van der Waals surface area (Å²) in [5, 5.41) is 2.45. The quantitative estimate of drug-likeness (QED) is 0.721. The average Bonchev–Trinajstić information content (AvgIpc) is 3.26. The number of benzene rings is 1. The molecule has 6 nitrogen and oxygen atoms in total. The third-order valence-corrected chi connectivity index (χ3v) is 6.31. The van der Waals surface area contributed by atoms with Crippen LogP contribution >= 0.6 is 22.7 Å². The summed E-state index contributed by atoms with van der Waals surface area (Å²) in [5.41, 5.74) is 7.76. The van der Waals surface area contributed by atoms with Gasteiger partial charge in [0.1, 0.15) is 12.3 Å². The molecular weight excluding hydrogens is 382 g/mol. The van der Waals surface area contributed by atoms with Crippen molar-refractivity contribution in [3.05, 3.63) is 45.8 Å². The van der Waals surface area contributed by atoms with Crippen molar-refractivity contribution in [2.75, 3.05) is 25.2 Å². The second-order valence-electron chi connectivity index (χ2n) is 6.23. The van der Waals surface area contributed by atoms with Crippen LogP contribution in [-0.4, -0.2) is 31.2 Å². The highest BCUT2D eigenvalue weighted by atomic mass is 32.1. The van der Waals surface area contributed by atoms with Gasteiger partial charge in [0.15, 0.2) is 16.6 Å². The molecule has 140 valence electrons. The number of hydrogen-bond donors (Lipinski definition) is 1. The predicted octanol–water partition coefficient (Wildman–Crippen LogP) is 3.69. The van der Waals surface area contributed by atoms with E-state index in [2.05, 4.69) is 35.0 Å². The van der Waals surface area contributed by atoms with E-state index in [0.717, 1.165) is 27.8 Å². The minimum atomic E-state index is -0.513. The second-order valence-corrected chi connectivity index (χ2v) is 8.35. The lowest BCUT2D eigenvalue weighted by Crippen LogP contribution is -2.25. The molecule has 0 unspecified atom stereocenters. The number of carbonyl (C=O) groups excluding carboxylic acids is 1. The molecule has 3 heterocycles. The molecule has 27 heavy (non-hydrogen) atoms. The first-order valence-electron chi connectivity index (χ1n) is 8.46.